The summed E-state index contributed by atoms with van der Waals surface area (Å²) < 4.78 is 11.1. The number of H-pyrrole nitrogens is 1. The average Bonchev–Trinajstić information content (AvgIpc) is 2.82. The van der Waals surface area contributed by atoms with E-state index in [1.165, 1.54) is 13.0 Å². The highest BCUT2D eigenvalue weighted by Gasteiger charge is 2.44. The van der Waals surface area contributed by atoms with Crippen LogP contribution in [0.4, 0.5) is 0 Å². The third kappa shape index (κ3) is 3.87. The molecule has 4 N–H and O–H groups in total. The molecule has 0 aromatic carbocycles. The fraction of sp³-hybridized carbons (Fsp3) is 0.533. The molecule has 0 bridgehead atoms. The van der Waals surface area contributed by atoms with E-state index in [9.17, 15) is 24.6 Å². The summed E-state index contributed by atoms with van der Waals surface area (Å²) >= 11 is 0. The third-order valence-corrected chi connectivity index (χ3v) is 3.74. The molecule has 4 atom stereocenters. The first-order valence-corrected chi connectivity index (χ1v) is 7.63. The molecule has 1 fully saturated rings. The van der Waals surface area contributed by atoms with Gasteiger partial charge in [0.1, 0.15) is 18.3 Å². The Bertz CT molecular complexity index is 780. The van der Waals surface area contributed by atoms with Gasteiger partial charge in [-0.2, -0.15) is 0 Å². The fourth-order valence-corrected chi connectivity index (χ4v) is 2.52. The first kappa shape index (κ1) is 19.1. The minimum absolute atomic E-state index is 0.0193. The molecule has 0 radical (unpaired) electrons. The van der Waals surface area contributed by atoms with Gasteiger partial charge in [0.05, 0.1) is 18.9 Å². The standard InChI is InChI=1S/C15H20N2O8/c1-3-24-14(22)7(2)4-8-5-10(19)16-15(23)17(8)13-12(21)11(20)9(6-18)25-13/h4-5,9,11-13,18,20-21H,3,6H2,1-2H3,(H,16,19,23)/b7-4+/t9-,11-,12-,13?/m1/s1. The van der Waals surface area contributed by atoms with Crippen molar-refractivity contribution in [1.82, 2.24) is 9.55 Å². The smallest absolute Gasteiger partial charge is 0.333 e. The Morgan fingerprint density at radius 2 is 2.08 bits per heavy atom. The highest BCUT2D eigenvalue weighted by molar-refractivity contribution is 5.92. The molecule has 1 unspecified atom stereocenters. The molecule has 0 amide bonds. The molecule has 0 saturated carbocycles. The van der Waals surface area contributed by atoms with Crippen LogP contribution >= 0.6 is 0 Å². The highest BCUT2D eigenvalue weighted by Crippen LogP contribution is 2.29. The van der Waals surface area contributed by atoms with E-state index in [1.54, 1.807) is 6.92 Å². The predicted molar refractivity (Wildman–Crippen MR) is 84.6 cm³/mol. The van der Waals surface area contributed by atoms with Crippen molar-refractivity contribution < 1.29 is 29.6 Å². The number of rotatable bonds is 5. The molecule has 1 aliphatic rings. The fourth-order valence-electron chi connectivity index (χ4n) is 2.52. The van der Waals surface area contributed by atoms with Crippen LogP contribution in [-0.2, 0) is 14.3 Å². The van der Waals surface area contributed by atoms with Crippen molar-refractivity contribution in [2.45, 2.75) is 38.4 Å². The zero-order valence-electron chi connectivity index (χ0n) is 13.7. The van der Waals surface area contributed by atoms with Crippen molar-refractivity contribution in [2.75, 3.05) is 13.2 Å². The number of aromatic amines is 1. The summed E-state index contributed by atoms with van der Waals surface area (Å²) in [4.78, 5) is 37.6. The SMILES string of the molecule is CCOC(=O)/C(C)=C/c1cc(=O)[nH]c(=O)n1C1O[C@H](CO)[C@@H](O)[C@H]1O. The minimum atomic E-state index is -1.52. The highest BCUT2D eigenvalue weighted by atomic mass is 16.6. The molecule has 138 valence electrons. The maximum Gasteiger partial charge on any atom is 0.333 e. The van der Waals surface area contributed by atoms with Crippen molar-refractivity contribution in [3.05, 3.63) is 38.2 Å². The van der Waals surface area contributed by atoms with Crippen LogP contribution in [0.3, 0.4) is 0 Å². The number of aliphatic hydroxyl groups excluding tert-OH is 3. The van der Waals surface area contributed by atoms with E-state index < -0.39 is 48.4 Å². The van der Waals surface area contributed by atoms with Crippen molar-refractivity contribution in [2.24, 2.45) is 0 Å². The van der Waals surface area contributed by atoms with Crippen LogP contribution in [0.25, 0.3) is 6.08 Å². The number of carbonyl (C=O) groups excluding carboxylic acids is 1. The summed E-state index contributed by atoms with van der Waals surface area (Å²) in [5, 5.41) is 29.1. The summed E-state index contributed by atoms with van der Waals surface area (Å²) in [7, 11) is 0. The van der Waals surface area contributed by atoms with E-state index in [-0.39, 0.29) is 17.9 Å². The molecule has 0 aliphatic carbocycles. The number of aliphatic hydroxyl groups is 3. The van der Waals surface area contributed by atoms with Crippen molar-refractivity contribution in [3.8, 4) is 0 Å². The third-order valence-electron chi connectivity index (χ3n) is 3.74. The van der Waals surface area contributed by atoms with Crippen LogP contribution in [0.15, 0.2) is 21.2 Å². The largest absolute Gasteiger partial charge is 0.463 e. The molecule has 2 rings (SSSR count). The second kappa shape index (κ2) is 7.74. The molecular weight excluding hydrogens is 336 g/mol. The lowest BCUT2D eigenvalue weighted by atomic mass is 10.1. The topological polar surface area (TPSA) is 151 Å². The number of hydrogen-bond acceptors (Lipinski definition) is 8. The molecular formula is C15H20N2O8. The van der Waals surface area contributed by atoms with Gasteiger partial charge in [0.15, 0.2) is 6.23 Å². The number of carbonyl (C=O) groups is 1. The van der Waals surface area contributed by atoms with Gasteiger partial charge in [-0.05, 0) is 19.9 Å². The first-order valence-electron chi connectivity index (χ1n) is 7.63. The zero-order chi connectivity index (χ0) is 18.7. The van der Waals surface area contributed by atoms with E-state index in [1.807, 2.05) is 4.98 Å². The molecule has 0 spiro atoms. The molecule has 1 aromatic heterocycles. The minimum Gasteiger partial charge on any atom is -0.463 e. The van der Waals surface area contributed by atoms with E-state index >= 15 is 0 Å². The molecule has 1 aromatic rings. The number of nitrogens with one attached hydrogen (secondary N) is 1. The van der Waals surface area contributed by atoms with Gasteiger partial charge >= 0.3 is 11.7 Å². The molecule has 25 heavy (non-hydrogen) atoms. The molecule has 1 aliphatic heterocycles. The Labute approximate surface area is 141 Å². The maximum absolute atomic E-state index is 12.2. The summed E-state index contributed by atoms with van der Waals surface area (Å²) in [6.45, 7) is 2.65. The van der Waals surface area contributed by atoms with Crippen molar-refractivity contribution in [3.63, 3.8) is 0 Å². The van der Waals surface area contributed by atoms with E-state index in [2.05, 4.69) is 0 Å². The van der Waals surface area contributed by atoms with Gasteiger partial charge in [0, 0.05) is 11.6 Å². The van der Waals surface area contributed by atoms with Crippen molar-refractivity contribution >= 4 is 12.0 Å². The molecule has 10 heteroatoms. The van der Waals surface area contributed by atoms with E-state index in [0.29, 0.717) is 0 Å². The van der Waals surface area contributed by atoms with Crippen LogP contribution in [0.2, 0.25) is 0 Å². The maximum atomic E-state index is 12.2. The van der Waals surface area contributed by atoms with Crippen molar-refractivity contribution in [1.29, 1.82) is 0 Å². The summed E-state index contributed by atoms with van der Waals surface area (Å²) in [6, 6.07) is 1.04. The second-order valence-electron chi connectivity index (χ2n) is 5.51. The first-order chi connectivity index (χ1) is 11.8. The number of aromatic nitrogens is 2. The van der Waals surface area contributed by atoms with Gasteiger partial charge in [-0.15, -0.1) is 0 Å². The van der Waals surface area contributed by atoms with Crippen LogP contribution < -0.4 is 11.2 Å². The van der Waals surface area contributed by atoms with Gasteiger partial charge in [0.2, 0.25) is 0 Å². The Morgan fingerprint density at radius 3 is 2.64 bits per heavy atom. The Kier molecular flexibility index (Phi) is 5.90. The quantitative estimate of drug-likeness (QED) is 0.353. The van der Waals surface area contributed by atoms with Gasteiger partial charge in [0.25, 0.3) is 5.56 Å². The van der Waals surface area contributed by atoms with Crippen LogP contribution in [0.1, 0.15) is 25.8 Å². The average molecular weight is 356 g/mol. The van der Waals surface area contributed by atoms with Gasteiger partial charge in [-0.25, -0.2) is 9.59 Å². The summed E-state index contributed by atoms with van der Waals surface area (Å²) in [6.07, 6.45) is -4.14. The molecule has 1 saturated heterocycles. The lowest BCUT2D eigenvalue weighted by Gasteiger charge is -2.20. The molecule has 2 heterocycles. The number of ether oxygens (including phenoxy) is 2. The monoisotopic (exact) mass is 356 g/mol. The second-order valence-corrected chi connectivity index (χ2v) is 5.51. The molecule has 10 nitrogen and oxygen atoms in total. The normalized spacial score (nSPS) is 26.7. The van der Waals surface area contributed by atoms with E-state index in [0.717, 1.165) is 10.6 Å². The summed E-state index contributed by atoms with van der Waals surface area (Å²) in [5.41, 5.74) is -1.51. The van der Waals surface area contributed by atoms with Gasteiger partial charge < -0.3 is 24.8 Å². The lowest BCUT2D eigenvalue weighted by Crippen LogP contribution is -2.39. The van der Waals surface area contributed by atoms with E-state index in [4.69, 9.17) is 14.6 Å². The predicted octanol–water partition coefficient (Wildman–Crippen LogP) is -1.89. The van der Waals surface area contributed by atoms with Crippen LogP contribution in [0, 0.1) is 0 Å². The van der Waals surface area contributed by atoms with Gasteiger partial charge in [-0.3, -0.25) is 14.3 Å². The lowest BCUT2D eigenvalue weighted by molar-refractivity contribution is -0.138. The van der Waals surface area contributed by atoms with Gasteiger partial charge in [-0.1, -0.05) is 0 Å². The van der Waals surface area contributed by atoms with Crippen LogP contribution in [0.5, 0.6) is 0 Å². The summed E-state index contributed by atoms with van der Waals surface area (Å²) in [5.74, 6) is -0.636. The van der Waals surface area contributed by atoms with Crippen LogP contribution in [-0.4, -0.2) is 62.4 Å². The Morgan fingerprint density at radius 1 is 1.40 bits per heavy atom. The number of nitrogens with zero attached hydrogens (tertiary/aromatic N) is 1. The zero-order valence-corrected chi connectivity index (χ0v) is 13.7. The number of esters is 1. The number of hydrogen-bond donors (Lipinski definition) is 4. The Balaban J connectivity index is 2.52. The Hall–Kier alpha value is -2.27.